The number of halogens is 1. The Labute approximate surface area is 142 Å². The number of nitrogens with one attached hydrogen (secondary N) is 1. The van der Waals surface area contributed by atoms with Crippen LogP contribution in [0.25, 0.3) is 0 Å². The van der Waals surface area contributed by atoms with Gasteiger partial charge >= 0.3 is 0 Å². The molecule has 0 saturated carbocycles. The summed E-state index contributed by atoms with van der Waals surface area (Å²) in [6.45, 7) is 2.10. The van der Waals surface area contributed by atoms with Crippen LogP contribution in [0.3, 0.4) is 0 Å². The SMILES string of the molecule is CCC(CNS(=O)(=O)c1cccc(Cl)c1)(OC)c1ccccc1. The molecular weight excluding hydrogens is 334 g/mol. The van der Waals surface area contributed by atoms with E-state index in [-0.39, 0.29) is 11.4 Å². The molecule has 1 atom stereocenters. The Morgan fingerprint density at radius 1 is 1.13 bits per heavy atom. The maximum Gasteiger partial charge on any atom is 0.240 e. The Hall–Kier alpha value is -1.40. The lowest BCUT2D eigenvalue weighted by atomic mass is 9.91. The van der Waals surface area contributed by atoms with Crippen molar-refractivity contribution in [3.63, 3.8) is 0 Å². The zero-order valence-electron chi connectivity index (χ0n) is 13.1. The molecule has 4 nitrogen and oxygen atoms in total. The fraction of sp³-hybridized carbons (Fsp3) is 0.294. The average molecular weight is 354 g/mol. The first-order valence-corrected chi connectivity index (χ1v) is 9.15. The number of benzene rings is 2. The summed E-state index contributed by atoms with van der Waals surface area (Å²) in [6.07, 6.45) is 0.631. The number of ether oxygens (including phenoxy) is 1. The van der Waals surface area contributed by atoms with Crippen molar-refractivity contribution in [3.05, 3.63) is 65.2 Å². The van der Waals surface area contributed by atoms with Crippen molar-refractivity contribution in [1.82, 2.24) is 4.72 Å². The molecule has 0 aliphatic carbocycles. The lowest BCUT2D eigenvalue weighted by Gasteiger charge is -2.32. The molecule has 0 aliphatic heterocycles. The predicted octanol–water partition coefficient (Wildman–Crippen LogP) is 3.57. The van der Waals surface area contributed by atoms with Gasteiger partial charge in [-0.05, 0) is 30.2 Å². The molecule has 0 radical (unpaired) electrons. The third-order valence-corrected chi connectivity index (χ3v) is 5.55. The van der Waals surface area contributed by atoms with Gasteiger partial charge in [-0.2, -0.15) is 0 Å². The van der Waals surface area contributed by atoms with Gasteiger partial charge in [-0.25, -0.2) is 13.1 Å². The van der Waals surface area contributed by atoms with Crippen molar-refractivity contribution in [2.45, 2.75) is 23.8 Å². The second-order valence-corrected chi connectivity index (χ2v) is 7.40. The van der Waals surface area contributed by atoms with E-state index in [2.05, 4.69) is 4.72 Å². The summed E-state index contributed by atoms with van der Waals surface area (Å²) in [5.41, 5.74) is 0.214. The van der Waals surface area contributed by atoms with Crippen LogP contribution in [0.15, 0.2) is 59.5 Å². The molecule has 0 saturated heterocycles. The zero-order valence-corrected chi connectivity index (χ0v) is 14.7. The first-order valence-electron chi connectivity index (χ1n) is 7.29. The fourth-order valence-corrected chi connectivity index (χ4v) is 3.82. The van der Waals surface area contributed by atoms with Crippen LogP contribution in [0.1, 0.15) is 18.9 Å². The highest BCUT2D eigenvalue weighted by atomic mass is 35.5. The van der Waals surface area contributed by atoms with Gasteiger partial charge in [-0.3, -0.25) is 0 Å². The Bertz CT molecular complexity index is 743. The molecule has 1 N–H and O–H groups in total. The van der Waals surface area contributed by atoms with E-state index in [9.17, 15) is 8.42 Å². The molecule has 0 amide bonds. The van der Waals surface area contributed by atoms with Gasteiger partial charge in [0.1, 0.15) is 5.60 Å². The Kier molecular flexibility index (Phi) is 5.81. The lowest BCUT2D eigenvalue weighted by Crippen LogP contribution is -2.41. The van der Waals surface area contributed by atoms with Crippen LogP contribution in [-0.4, -0.2) is 22.1 Å². The van der Waals surface area contributed by atoms with Crippen molar-refractivity contribution in [1.29, 1.82) is 0 Å². The van der Waals surface area contributed by atoms with E-state index in [0.717, 1.165) is 5.56 Å². The highest BCUT2D eigenvalue weighted by Gasteiger charge is 2.32. The van der Waals surface area contributed by atoms with Gasteiger partial charge in [0, 0.05) is 18.7 Å². The van der Waals surface area contributed by atoms with Crippen molar-refractivity contribution >= 4 is 21.6 Å². The second-order valence-electron chi connectivity index (χ2n) is 5.20. The van der Waals surface area contributed by atoms with E-state index < -0.39 is 15.6 Å². The predicted molar refractivity (Wildman–Crippen MR) is 92.1 cm³/mol. The van der Waals surface area contributed by atoms with Crippen LogP contribution in [0.5, 0.6) is 0 Å². The average Bonchev–Trinajstić information content (AvgIpc) is 2.57. The second kappa shape index (κ2) is 7.45. The van der Waals surface area contributed by atoms with Crippen LogP contribution in [0.2, 0.25) is 5.02 Å². The quantitative estimate of drug-likeness (QED) is 0.827. The summed E-state index contributed by atoms with van der Waals surface area (Å²) in [5.74, 6) is 0. The Balaban J connectivity index is 2.25. The summed E-state index contributed by atoms with van der Waals surface area (Å²) in [4.78, 5) is 0.138. The summed E-state index contributed by atoms with van der Waals surface area (Å²) < 4.78 is 33.2. The number of sulfonamides is 1. The normalized spacial score (nSPS) is 14.4. The molecule has 1 unspecified atom stereocenters. The molecule has 23 heavy (non-hydrogen) atoms. The van der Waals surface area contributed by atoms with E-state index in [1.54, 1.807) is 19.2 Å². The summed E-state index contributed by atoms with van der Waals surface area (Å²) in [5, 5.41) is 0.379. The molecule has 0 aromatic heterocycles. The van der Waals surface area contributed by atoms with Crippen molar-refractivity contribution in [2.24, 2.45) is 0 Å². The first kappa shape index (κ1) is 17.9. The highest BCUT2D eigenvalue weighted by Crippen LogP contribution is 2.28. The minimum absolute atomic E-state index is 0.138. The third kappa shape index (κ3) is 4.12. The van der Waals surface area contributed by atoms with Gasteiger partial charge in [0.25, 0.3) is 0 Å². The van der Waals surface area contributed by atoms with E-state index in [0.29, 0.717) is 11.4 Å². The molecular formula is C17H20ClNO3S. The molecule has 0 spiro atoms. The van der Waals surface area contributed by atoms with Gasteiger partial charge in [0.2, 0.25) is 10.0 Å². The number of rotatable bonds is 7. The summed E-state index contributed by atoms with van der Waals surface area (Å²) in [7, 11) is -2.07. The van der Waals surface area contributed by atoms with Gasteiger partial charge in [0.15, 0.2) is 0 Å². The van der Waals surface area contributed by atoms with Crippen molar-refractivity contribution < 1.29 is 13.2 Å². The molecule has 124 valence electrons. The molecule has 2 aromatic carbocycles. The molecule has 0 aliphatic rings. The van der Waals surface area contributed by atoms with E-state index >= 15 is 0 Å². The number of hydrogen-bond acceptors (Lipinski definition) is 3. The topological polar surface area (TPSA) is 55.4 Å². The summed E-state index contributed by atoms with van der Waals surface area (Å²) >= 11 is 5.87. The van der Waals surface area contributed by atoms with E-state index in [1.165, 1.54) is 12.1 Å². The van der Waals surface area contributed by atoms with Crippen molar-refractivity contribution in [3.8, 4) is 0 Å². The van der Waals surface area contributed by atoms with Gasteiger partial charge in [-0.1, -0.05) is 54.9 Å². The minimum atomic E-state index is -3.66. The van der Waals surface area contributed by atoms with E-state index in [1.807, 2.05) is 37.3 Å². The summed E-state index contributed by atoms with van der Waals surface area (Å²) in [6, 6.07) is 15.8. The highest BCUT2D eigenvalue weighted by molar-refractivity contribution is 7.89. The van der Waals surface area contributed by atoms with Crippen LogP contribution in [-0.2, 0) is 20.4 Å². The number of methoxy groups -OCH3 is 1. The minimum Gasteiger partial charge on any atom is -0.372 e. The zero-order chi connectivity index (χ0) is 16.9. The maximum absolute atomic E-state index is 12.5. The molecule has 2 aromatic rings. The lowest BCUT2D eigenvalue weighted by molar-refractivity contribution is -0.0133. The first-order chi connectivity index (χ1) is 10.9. The van der Waals surface area contributed by atoms with Crippen LogP contribution in [0.4, 0.5) is 0 Å². The molecule has 0 bridgehead atoms. The number of hydrogen-bond donors (Lipinski definition) is 1. The van der Waals surface area contributed by atoms with Gasteiger partial charge in [0.05, 0.1) is 4.90 Å². The third-order valence-electron chi connectivity index (χ3n) is 3.92. The fourth-order valence-electron chi connectivity index (χ4n) is 2.44. The maximum atomic E-state index is 12.5. The molecule has 0 fully saturated rings. The van der Waals surface area contributed by atoms with Crippen LogP contribution >= 0.6 is 11.6 Å². The van der Waals surface area contributed by atoms with E-state index in [4.69, 9.17) is 16.3 Å². The van der Waals surface area contributed by atoms with Gasteiger partial charge in [-0.15, -0.1) is 0 Å². The Morgan fingerprint density at radius 3 is 2.39 bits per heavy atom. The molecule has 2 rings (SSSR count). The van der Waals surface area contributed by atoms with Gasteiger partial charge < -0.3 is 4.74 Å². The largest absolute Gasteiger partial charge is 0.372 e. The van der Waals surface area contributed by atoms with Crippen LogP contribution < -0.4 is 4.72 Å². The van der Waals surface area contributed by atoms with Crippen LogP contribution in [0, 0.1) is 0 Å². The Morgan fingerprint density at radius 2 is 1.83 bits per heavy atom. The molecule has 0 heterocycles. The smallest absolute Gasteiger partial charge is 0.240 e. The monoisotopic (exact) mass is 353 g/mol. The standard InChI is InChI=1S/C17H20ClNO3S/c1-3-17(22-2,14-8-5-4-6-9-14)13-19-23(20,21)16-11-7-10-15(18)12-16/h4-12,19H,3,13H2,1-2H3. The molecule has 6 heteroatoms. The van der Waals surface area contributed by atoms with Crippen molar-refractivity contribution in [2.75, 3.05) is 13.7 Å².